The van der Waals surface area contributed by atoms with Crippen LogP contribution in [0, 0.1) is 0 Å². The lowest BCUT2D eigenvalue weighted by molar-refractivity contribution is 0.523. The second kappa shape index (κ2) is 3.26. The quantitative estimate of drug-likeness (QED) is 0.719. The third-order valence-electron chi connectivity index (χ3n) is 1.95. The van der Waals surface area contributed by atoms with E-state index in [1.807, 2.05) is 13.0 Å². The van der Waals surface area contributed by atoms with Gasteiger partial charge >= 0.3 is 5.69 Å². The molecule has 0 saturated heterocycles. The van der Waals surface area contributed by atoms with E-state index in [1.165, 1.54) is 9.08 Å². The second-order valence-electron chi connectivity index (χ2n) is 3.37. The first kappa shape index (κ1) is 8.96. The number of nitrogens with zero attached hydrogens (tertiary/aromatic N) is 3. The maximum Gasteiger partial charge on any atom is 0.350 e. The van der Waals surface area contributed by atoms with Crippen LogP contribution in [0.25, 0.3) is 5.65 Å². The van der Waals surface area contributed by atoms with E-state index in [1.54, 1.807) is 18.3 Å². The monoisotopic (exact) mass is 192 g/mol. The van der Waals surface area contributed by atoms with Gasteiger partial charge in [-0.1, -0.05) is 6.07 Å². The molecular weight excluding hydrogens is 180 g/mol. The molecule has 0 aliphatic rings. The fourth-order valence-electron chi connectivity index (χ4n) is 1.36. The summed E-state index contributed by atoms with van der Waals surface area (Å²) in [6.07, 6.45) is 1.70. The zero-order valence-corrected chi connectivity index (χ0v) is 7.92. The topological polar surface area (TPSA) is 65.3 Å². The molecule has 2 rings (SSSR count). The van der Waals surface area contributed by atoms with E-state index in [2.05, 4.69) is 5.10 Å². The Morgan fingerprint density at radius 1 is 1.57 bits per heavy atom. The van der Waals surface area contributed by atoms with E-state index in [0.29, 0.717) is 12.2 Å². The molecule has 2 aromatic rings. The van der Waals surface area contributed by atoms with Crippen LogP contribution in [0.5, 0.6) is 0 Å². The van der Waals surface area contributed by atoms with E-state index in [-0.39, 0.29) is 11.7 Å². The van der Waals surface area contributed by atoms with Crippen molar-refractivity contribution >= 4 is 5.65 Å². The van der Waals surface area contributed by atoms with Crippen molar-refractivity contribution in [1.82, 2.24) is 14.2 Å². The van der Waals surface area contributed by atoms with Gasteiger partial charge in [0.2, 0.25) is 0 Å². The molecule has 0 amide bonds. The number of rotatable bonds is 2. The Balaban J connectivity index is 2.57. The minimum atomic E-state index is -0.141. The lowest BCUT2D eigenvalue weighted by Crippen LogP contribution is -2.30. The molecule has 0 aliphatic carbocycles. The van der Waals surface area contributed by atoms with Gasteiger partial charge in [0.15, 0.2) is 5.65 Å². The van der Waals surface area contributed by atoms with Crippen molar-refractivity contribution in [3.8, 4) is 0 Å². The molecule has 1 atom stereocenters. The van der Waals surface area contributed by atoms with E-state index in [9.17, 15) is 4.79 Å². The van der Waals surface area contributed by atoms with Gasteiger partial charge in [-0.15, -0.1) is 5.10 Å². The fourth-order valence-corrected chi connectivity index (χ4v) is 1.36. The van der Waals surface area contributed by atoms with Crippen LogP contribution in [0.3, 0.4) is 0 Å². The lowest BCUT2D eigenvalue weighted by atomic mass is 10.4. The number of nitrogens with two attached hydrogens (primary N) is 1. The summed E-state index contributed by atoms with van der Waals surface area (Å²) in [6.45, 7) is 2.29. The molecule has 0 radical (unpaired) electrons. The molecule has 0 saturated carbocycles. The van der Waals surface area contributed by atoms with E-state index >= 15 is 0 Å². The highest BCUT2D eigenvalue weighted by molar-refractivity contribution is 5.35. The highest BCUT2D eigenvalue weighted by Crippen LogP contribution is 1.95. The third kappa shape index (κ3) is 1.42. The average molecular weight is 192 g/mol. The standard InChI is InChI=1S/C9H12N4O/c1-7(10)6-13-9(14)12-5-3-2-4-8(12)11-13/h2-5,7H,6,10H2,1H3/t7-/m0/s1. The maximum atomic E-state index is 11.7. The molecule has 74 valence electrons. The molecule has 5 heteroatoms. The molecule has 0 aromatic carbocycles. The largest absolute Gasteiger partial charge is 0.350 e. The summed E-state index contributed by atoms with van der Waals surface area (Å²) in [5, 5.41) is 4.14. The third-order valence-corrected chi connectivity index (χ3v) is 1.95. The predicted octanol–water partition coefficient (Wildman–Crippen LogP) is -0.157. The highest BCUT2D eigenvalue weighted by atomic mass is 16.2. The summed E-state index contributed by atoms with van der Waals surface area (Å²) in [5.74, 6) is 0. The smallest absolute Gasteiger partial charge is 0.326 e. The second-order valence-corrected chi connectivity index (χ2v) is 3.37. The van der Waals surface area contributed by atoms with Crippen LogP contribution in [0.4, 0.5) is 0 Å². The van der Waals surface area contributed by atoms with Gasteiger partial charge in [0.1, 0.15) is 0 Å². The molecule has 2 aromatic heterocycles. The zero-order valence-electron chi connectivity index (χ0n) is 7.92. The van der Waals surface area contributed by atoms with Crippen LogP contribution >= 0.6 is 0 Å². The zero-order chi connectivity index (χ0) is 10.1. The molecule has 0 spiro atoms. The Morgan fingerprint density at radius 2 is 2.36 bits per heavy atom. The summed E-state index contributed by atoms with van der Waals surface area (Å²) in [4.78, 5) is 11.7. The molecule has 2 N–H and O–H groups in total. The molecule has 14 heavy (non-hydrogen) atoms. The summed E-state index contributed by atoms with van der Waals surface area (Å²) >= 11 is 0. The summed E-state index contributed by atoms with van der Waals surface area (Å²) < 4.78 is 2.89. The van der Waals surface area contributed by atoms with Gasteiger partial charge in [-0.25, -0.2) is 9.48 Å². The minimum Gasteiger partial charge on any atom is -0.326 e. The van der Waals surface area contributed by atoms with Crippen molar-refractivity contribution in [3.63, 3.8) is 0 Å². The van der Waals surface area contributed by atoms with Crippen molar-refractivity contribution in [2.24, 2.45) is 5.73 Å². The van der Waals surface area contributed by atoms with Gasteiger partial charge in [-0.05, 0) is 19.1 Å². The van der Waals surface area contributed by atoms with Crippen molar-refractivity contribution in [3.05, 3.63) is 34.9 Å². The van der Waals surface area contributed by atoms with E-state index in [4.69, 9.17) is 5.73 Å². The first-order valence-electron chi connectivity index (χ1n) is 4.48. The van der Waals surface area contributed by atoms with Gasteiger partial charge < -0.3 is 5.73 Å². The fraction of sp³-hybridized carbons (Fsp3) is 0.333. The number of aromatic nitrogens is 3. The van der Waals surface area contributed by atoms with Crippen LogP contribution in [-0.2, 0) is 6.54 Å². The van der Waals surface area contributed by atoms with Gasteiger partial charge in [0, 0.05) is 12.2 Å². The first-order chi connectivity index (χ1) is 6.68. The Morgan fingerprint density at radius 3 is 3.00 bits per heavy atom. The van der Waals surface area contributed by atoms with E-state index in [0.717, 1.165) is 0 Å². The molecule has 0 bridgehead atoms. The summed E-state index contributed by atoms with van der Waals surface area (Å²) in [5.41, 5.74) is 6.12. The van der Waals surface area contributed by atoms with Gasteiger partial charge in [0.05, 0.1) is 6.54 Å². The van der Waals surface area contributed by atoms with Crippen molar-refractivity contribution < 1.29 is 0 Å². The maximum absolute atomic E-state index is 11.7. The average Bonchev–Trinajstić information content (AvgIpc) is 2.44. The predicted molar refractivity (Wildman–Crippen MR) is 53.1 cm³/mol. The van der Waals surface area contributed by atoms with Crippen LogP contribution in [0.2, 0.25) is 0 Å². The Kier molecular flexibility index (Phi) is 2.09. The molecule has 2 heterocycles. The molecule has 0 aliphatic heterocycles. The van der Waals surface area contributed by atoms with Crippen LogP contribution in [0.1, 0.15) is 6.92 Å². The van der Waals surface area contributed by atoms with Crippen molar-refractivity contribution in [2.45, 2.75) is 19.5 Å². The summed E-state index contributed by atoms with van der Waals surface area (Å²) in [7, 11) is 0. The van der Waals surface area contributed by atoms with Gasteiger partial charge in [-0.3, -0.25) is 4.40 Å². The normalized spacial score (nSPS) is 13.3. The van der Waals surface area contributed by atoms with Gasteiger partial charge in [-0.2, -0.15) is 0 Å². The van der Waals surface area contributed by atoms with Crippen molar-refractivity contribution in [1.29, 1.82) is 0 Å². The number of hydrogen-bond acceptors (Lipinski definition) is 3. The van der Waals surface area contributed by atoms with Crippen LogP contribution < -0.4 is 11.4 Å². The summed E-state index contributed by atoms with van der Waals surface area (Å²) in [6, 6.07) is 5.36. The van der Waals surface area contributed by atoms with Crippen molar-refractivity contribution in [2.75, 3.05) is 0 Å². The lowest BCUT2D eigenvalue weighted by Gasteiger charge is -2.01. The minimum absolute atomic E-state index is 0.0717. The molecule has 5 nitrogen and oxygen atoms in total. The number of hydrogen-bond donors (Lipinski definition) is 1. The Bertz CT molecular complexity index is 497. The van der Waals surface area contributed by atoms with E-state index < -0.39 is 0 Å². The van der Waals surface area contributed by atoms with Crippen LogP contribution in [-0.4, -0.2) is 20.2 Å². The molecular formula is C9H12N4O. The van der Waals surface area contributed by atoms with Crippen LogP contribution in [0.15, 0.2) is 29.2 Å². The SMILES string of the molecule is C[C@H](N)Cn1nc2ccccn2c1=O. The highest BCUT2D eigenvalue weighted by Gasteiger charge is 2.06. The number of fused-ring (bicyclic) bond motifs is 1. The number of pyridine rings is 1. The molecule has 0 unspecified atom stereocenters. The first-order valence-corrected chi connectivity index (χ1v) is 4.48. The Labute approximate surface area is 80.8 Å². The molecule has 0 fully saturated rings. The van der Waals surface area contributed by atoms with Gasteiger partial charge in [0.25, 0.3) is 0 Å². The Hall–Kier alpha value is -1.62.